The van der Waals surface area contributed by atoms with Gasteiger partial charge in [-0.2, -0.15) is 13.2 Å². The fraction of sp³-hybridized carbons (Fsp3) is 0.361. The second kappa shape index (κ2) is 13.9. The summed E-state index contributed by atoms with van der Waals surface area (Å²) in [5.41, 5.74) is 1.12. The minimum atomic E-state index is -4.75. The monoisotopic (exact) mass is 717 g/mol. The number of aromatic nitrogens is 1. The van der Waals surface area contributed by atoms with Gasteiger partial charge in [-0.15, -0.1) is 0 Å². The number of anilines is 1. The summed E-state index contributed by atoms with van der Waals surface area (Å²) in [4.78, 5) is 40.6. The number of nitrogens with one attached hydrogen (secondary N) is 1. The molecule has 270 valence electrons. The third kappa shape index (κ3) is 6.74. The van der Waals surface area contributed by atoms with Crippen LogP contribution in [0.3, 0.4) is 0 Å². The van der Waals surface area contributed by atoms with Crippen molar-refractivity contribution < 1.29 is 50.1 Å². The number of carbonyl (C=O) groups is 2. The Morgan fingerprint density at radius 2 is 1.78 bits per heavy atom. The number of benzene rings is 3. The Kier molecular flexibility index (Phi) is 9.77. The Morgan fingerprint density at radius 3 is 2.47 bits per heavy atom. The molecule has 1 saturated heterocycles. The van der Waals surface area contributed by atoms with E-state index in [0.29, 0.717) is 76.1 Å². The fourth-order valence-electron chi connectivity index (χ4n) is 6.82. The zero-order chi connectivity index (χ0) is 36.8. The summed E-state index contributed by atoms with van der Waals surface area (Å²) in [5, 5.41) is 2.85. The highest BCUT2D eigenvalue weighted by Crippen LogP contribution is 2.40. The second-order valence-corrected chi connectivity index (χ2v) is 12.4. The van der Waals surface area contributed by atoms with Crippen molar-refractivity contribution in [3.05, 3.63) is 92.5 Å². The van der Waals surface area contributed by atoms with Crippen molar-refractivity contribution in [2.24, 2.45) is 7.05 Å². The molecular weight excluding hydrogens is 684 g/mol. The highest BCUT2D eigenvalue weighted by Gasteiger charge is 2.46. The van der Waals surface area contributed by atoms with E-state index >= 15 is 8.78 Å². The van der Waals surface area contributed by atoms with Gasteiger partial charge in [-0.3, -0.25) is 9.59 Å². The van der Waals surface area contributed by atoms with Crippen LogP contribution in [-0.4, -0.2) is 68.2 Å². The van der Waals surface area contributed by atoms with Crippen LogP contribution in [0.15, 0.2) is 47.3 Å². The molecular formula is C36H33F6N3O6. The van der Waals surface area contributed by atoms with Crippen LogP contribution < -0.4 is 20.5 Å². The highest BCUT2D eigenvalue weighted by molar-refractivity contribution is 5.98. The lowest BCUT2D eigenvalue weighted by Crippen LogP contribution is -2.53. The Hall–Kier alpha value is -5.05. The van der Waals surface area contributed by atoms with Crippen LogP contribution in [-0.2, 0) is 34.2 Å². The lowest BCUT2D eigenvalue weighted by Gasteiger charge is -2.38. The number of aryl methyl sites for hydroxylation is 2. The van der Waals surface area contributed by atoms with Crippen molar-refractivity contribution >= 4 is 28.5 Å². The fourth-order valence-corrected chi connectivity index (χ4v) is 6.82. The molecule has 0 unspecified atom stereocenters. The van der Waals surface area contributed by atoms with Crippen LogP contribution in [0.25, 0.3) is 22.0 Å². The number of pyridine rings is 1. The summed E-state index contributed by atoms with van der Waals surface area (Å²) in [6, 6.07) is 5.09. The zero-order valence-electron chi connectivity index (χ0n) is 27.8. The molecule has 0 spiro atoms. The van der Waals surface area contributed by atoms with E-state index < -0.39 is 65.4 Å². The molecule has 0 aliphatic carbocycles. The van der Waals surface area contributed by atoms with Gasteiger partial charge in [0.1, 0.15) is 40.8 Å². The van der Waals surface area contributed by atoms with Crippen LogP contribution in [0.2, 0.25) is 0 Å². The van der Waals surface area contributed by atoms with Gasteiger partial charge in [0.15, 0.2) is 0 Å². The maximum Gasteiger partial charge on any atom is 0.411 e. The number of ether oxygens (including phenoxy) is 3. The van der Waals surface area contributed by atoms with Crippen molar-refractivity contribution in [2.45, 2.75) is 44.4 Å². The molecule has 1 amide bonds. The van der Waals surface area contributed by atoms with Crippen LogP contribution in [0.5, 0.6) is 5.75 Å². The minimum Gasteiger partial charge on any atom is -0.493 e. The van der Waals surface area contributed by atoms with E-state index in [2.05, 4.69) is 5.32 Å². The number of methoxy groups -OCH3 is 1. The van der Waals surface area contributed by atoms with E-state index in [0.717, 1.165) is 12.0 Å². The number of esters is 1. The molecule has 6 rings (SSSR count). The summed E-state index contributed by atoms with van der Waals surface area (Å²) in [6.45, 7) is 0.909. The predicted octanol–water partition coefficient (Wildman–Crippen LogP) is 5.54. The van der Waals surface area contributed by atoms with Gasteiger partial charge >= 0.3 is 12.1 Å². The van der Waals surface area contributed by atoms with Crippen molar-refractivity contribution in [1.82, 2.24) is 9.88 Å². The molecule has 3 aromatic carbocycles. The number of hydrogen-bond donors (Lipinski definition) is 1. The predicted molar refractivity (Wildman–Crippen MR) is 174 cm³/mol. The molecule has 15 heteroatoms. The van der Waals surface area contributed by atoms with E-state index in [1.165, 1.54) is 22.8 Å². The number of amides is 1. The molecule has 3 heterocycles. The van der Waals surface area contributed by atoms with Gasteiger partial charge in [0.05, 0.1) is 38.0 Å². The lowest BCUT2D eigenvalue weighted by atomic mass is 9.89. The number of alkyl halides is 3. The third-order valence-corrected chi connectivity index (χ3v) is 9.37. The SMILES string of the molecule is COC(=O)[C@H](Cc1ccc(-c2c(C)c3cc(F)ccc3n(C)c2=O)c2c1CCCO2)NC(=O)c1c(F)cc(N2CCOC[C@@H]2C(F)(F)F)cc1F. The highest BCUT2D eigenvalue weighted by atomic mass is 19.4. The Labute approximate surface area is 287 Å². The number of carbonyl (C=O) groups excluding carboxylic acids is 2. The first kappa shape index (κ1) is 35.8. The van der Waals surface area contributed by atoms with E-state index in [1.54, 1.807) is 26.1 Å². The lowest BCUT2D eigenvalue weighted by molar-refractivity contribution is -0.167. The smallest absolute Gasteiger partial charge is 0.411 e. The summed E-state index contributed by atoms with van der Waals surface area (Å²) in [7, 11) is 2.65. The van der Waals surface area contributed by atoms with Gasteiger partial charge in [0, 0.05) is 36.7 Å². The molecule has 51 heavy (non-hydrogen) atoms. The van der Waals surface area contributed by atoms with Crippen LogP contribution in [0.1, 0.15) is 33.5 Å². The number of nitrogens with zero attached hydrogens (tertiary/aromatic N) is 2. The average Bonchev–Trinajstić information content (AvgIpc) is 3.10. The molecule has 2 aliphatic heterocycles. The van der Waals surface area contributed by atoms with Gasteiger partial charge in [-0.05, 0) is 66.8 Å². The van der Waals surface area contributed by atoms with Crippen LogP contribution in [0.4, 0.5) is 32.0 Å². The first-order valence-corrected chi connectivity index (χ1v) is 16.1. The summed E-state index contributed by atoms with van der Waals surface area (Å²) in [5.74, 6) is -5.22. The largest absolute Gasteiger partial charge is 0.493 e. The minimum absolute atomic E-state index is 0.104. The molecule has 2 aliphatic rings. The molecule has 1 fully saturated rings. The quantitative estimate of drug-likeness (QED) is 0.198. The normalized spacial score (nSPS) is 16.7. The van der Waals surface area contributed by atoms with Gasteiger partial charge in [-0.25, -0.2) is 18.0 Å². The molecule has 1 aromatic heterocycles. The second-order valence-electron chi connectivity index (χ2n) is 12.4. The zero-order valence-corrected chi connectivity index (χ0v) is 27.8. The summed E-state index contributed by atoms with van der Waals surface area (Å²) in [6.07, 6.45) is -3.90. The Balaban J connectivity index is 1.33. The molecule has 2 atom stereocenters. The Bertz CT molecular complexity index is 2080. The number of fused-ring (bicyclic) bond motifs is 2. The molecule has 1 N–H and O–H groups in total. The molecule has 4 aromatic rings. The maximum atomic E-state index is 15.3. The van der Waals surface area contributed by atoms with Crippen molar-refractivity contribution in [3.8, 4) is 16.9 Å². The van der Waals surface area contributed by atoms with E-state index in [4.69, 9.17) is 14.2 Å². The van der Waals surface area contributed by atoms with E-state index in [-0.39, 0.29) is 25.1 Å². The van der Waals surface area contributed by atoms with Crippen molar-refractivity contribution in [3.63, 3.8) is 0 Å². The number of rotatable bonds is 7. The molecule has 0 saturated carbocycles. The first-order chi connectivity index (χ1) is 24.2. The van der Waals surface area contributed by atoms with Gasteiger partial charge < -0.3 is 29.0 Å². The van der Waals surface area contributed by atoms with Gasteiger partial charge in [0.2, 0.25) is 0 Å². The third-order valence-electron chi connectivity index (χ3n) is 9.37. The number of hydrogen-bond acceptors (Lipinski definition) is 7. The van der Waals surface area contributed by atoms with E-state index in [1.807, 2.05) is 0 Å². The topological polar surface area (TPSA) is 99.1 Å². The summed E-state index contributed by atoms with van der Waals surface area (Å²) < 4.78 is 103. The number of halogens is 6. The first-order valence-electron chi connectivity index (χ1n) is 16.1. The molecule has 9 nitrogen and oxygen atoms in total. The molecule has 0 bridgehead atoms. The van der Waals surface area contributed by atoms with Crippen molar-refractivity contribution in [1.29, 1.82) is 0 Å². The van der Waals surface area contributed by atoms with Crippen LogP contribution >= 0.6 is 0 Å². The maximum absolute atomic E-state index is 15.3. The van der Waals surface area contributed by atoms with Gasteiger partial charge in [-0.1, -0.05) is 12.1 Å². The molecule has 0 radical (unpaired) electrons. The van der Waals surface area contributed by atoms with Crippen molar-refractivity contribution in [2.75, 3.05) is 38.4 Å². The average molecular weight is 718 g/mol. The number of morpholine rings is 1. The van der Waals surface area contributed by atoms with Crippen LogP contribution in [0, 0.1) is 24.4 Å². The van der Waals surface area contributed by atoms with E-state index in [9.17, 15) is 31.9 Å². The standard InChI is InChI=1S/C36H33F6N3O6/c1-18-24-14-20(37)7-9-28(24)44(2)34(47)30(18)23-8-6-19(22-5-4-11-51-32(22)23)13-27(35(48)49-3)43-33(46)31-25(38)15-21(16-26(31)39)45-10-12-50-17-29(45)36(40,41)42/h6-9,14-16,27,29H,4-5,10-13,17H2,1-3H3,(H,43,46)/t27-,29+/m0/s1. The van der Waals surface area contributed by atoms with Gasteiger partial charge in [0.25, 0.3) is 11.5 Å². The summed E-state index contributed by atoms with van der Waals surface area (Å²) >= 11 is 0. The Morgan fingerprint density at radius 1 is 1.06 bits per heavy atom.